The van der Waals surface area contributed by atoms with E-state index >= 15 is 0 Å². The van der Waals surface area contributed by atoms with E-state index in [0.717, 1.165) is 35.1 Å². The molecule has 31 heavy (non-hydrogen) atoms. The Kier molecular flexibility index (Phi) is 6.86. The number of nitrogens with zero attached hydrogens (tertiary/aromatic N) is 4. The van der Waals surface area contributed by atoms with E-state index in [4.69, 9.17) is 4.42 Å². The summed E-state index contributed by atoms with van der Waals surface area (Å²) in [6.07, 6.45) is 7.42. The van der Waals surface area contributed by atoms with Crippen LogP contribution in [0.15, 0.2) is 51.1 Å². The van der Waals surface area contributed by atoms with E-state index in [1.54, 1.807) is 6.07 Å². The molecule has 0 bridgehead atoms. The van der Waals surface area contributed by atoms with Crippen molar-refractivity contribution in [1.82, 2.24) is 20.2 Å². The number of thioether (sulfide) groups is 1. The van der Waals surface area contributed by atoms with Gasteiger partial charge in [0.15, 0.2) is 11.0 Å². The van der Waals surface area contributed by atoms with E-state index in [1.165, 1.54) is 42.8 Å². The van der Waals surface area contributed by atoms with Crippen LogP contribution in [0.3, 0.4) is 0 Å². The molecule has 8 heteroatoms. The molecule has 162 valence electrons. The number of aromatic nitrogens is 3. The number of hydrogen-bond acceptors (Lipinski definition) is 6. The molecule has 2 heterocycles. The van der Waals surface area contributed by atoms with Gasteiger partial charge >= 0.3 is 0 Å². The summed E-state index contributed by atoms with van der Waals surface area (Å²) >= 11 is 1.40. The fourth-order valence-electron chi connectivity index (χ4n) is 3.80. The van der Waals surface area contributed by atoms with Gasteiger partial charge in [-0.3, -0.25) is 9.36 Å². The van der Waals surface area contributed by atoms with Gasteiger partial charge < -0.3 is 4.42 Å². The van der Waals surface area contributed by atoms with E-state index in [9.17, 15) is 4.79 Å². The van der Waals surface area contributed by atoms with Crippen molar-refractivity contribution < 1.29 is 9.21 Å². The number of benzene rings is 1. The Morgan fingerprint density at radius 2 is 1.94 bits per heavy atom. The summed E-state index contributed by atoms with van der Waals surface area (Å²) in [6.45, 7) is 3.94. The van der Waals surface area contributed by atoms with Gasteiger partial charge in [0, 0.05) is 11.6 Å². The van der Waals surface area contributed by atoms with Crippen LogP contribution in [-0.2, 0) is 4.79 Å². The maximum Gasteiger partial charge on any atom is 0.250 e. The Labute approximate surface area is 186 Å². The van der Waals surface area contributed by atoms with Crippen molar-refractivity contribution in [2.24, 2.45) is 5.10 Å². The van der Waals surface area contributed by atoms with Gasteiger partial charge in [0.25, 0.3) is 5.91 Å². The number of rotatable bonds is 7. The highest BCUT2D eigenvalue weighted by Crippen LogP contribution is 2.35. The van der Waals surface area contributed by atoms with Gasteiger partial charge in [-0.25, -0.2) is 5.43 Å². The maximum absolute atomic E-state index is 12.3. The first-order valence-electron chi connectivity index (χ1n) is 10.6. The monoisotopic (exact) mass is 437 g/mol. The fraction of sp³-hybridized carbons (Fsp3) is 0.391. The van der Waals surface area contributed by atoms with Gasteiger partial charge in [-0.15, -0.1) is 10.2 Å². The molecule has 1 N–H and O–H groups in total. The summed E-state index contributed by atoms with van der Waals surface area (Å²) in [5.41, 5.74) is 4.81. The predicted molar refractivity (Wildman–Crippen MR) is 122 cm³/mol. The van der Waals surface area contributed by atoms with Crippen LogP contribution < -0.4 is 5.43 Å². The second kappa shape index (κ2) is 9.96. The van der Waals surface area contributed by atoms with Crippen LogP contribution >= 0.6 is 11.8 Å². The number of carbonyl (C=O) groups excluding carboxylic acids is 1. The van der Waals surface area contributed by atoms with Gasteiger partial charge in [0.05, 0.1) is 12.0 Å². The second-order valence-corrected chi connectivity index (χ2v) is 8.81. The van der Waals surface area contributed by atoms with E-state index in [1.807, 2.05) is 13.0 Å². The molecule has 0 atom stereocenters. The third-order valence-corrected chi connectivity index (χ3v) is 6.33. The van der Waals surface area contributed by atoms with Crippen LogP contribution in [0.25, 0.3) is 11.4 Å². The van der Waals surface area contributed by atoms with Crippen LogP contribution in [0.4, 0.5) is 0 Å². The summed E-state index contributed by atoms with van der Waals surface area (Å²) in [7, 11) is 0. The SMILES string of the molecule is Cc1ccc(-c2nnc(SCC(=O)N/N=C\c3ccc(C)o3)n2C2CCCCC2)cc1. The number of carbonyl (C=O) groups is 1. The number of nitrogens with one attached hydrogen (secondary N) is 1. The normalized spacial score (nSPS) is 14.9. The molecule has 1 saturated carbocycles. The van der Waals surface area contributed by atoms with Crippen LogP contribution in [-0.4, -0.2) is 32.6 Å². The van der Waals surface area contributed by atoms with E-state index in [0.29, 0.717) is 11.8 Å². The molecule has 7 nitrogen and oxygen atoms in total. The zero-order valence-electron chi connectivity index (χ0n) is 17.9. The van der Waals surface area contributed by atoms with Crippen molar-refractivity contribution in [2.45, 2.75) is 57.1 Å². The van der Waals surface area contributed by atoms with Gasteiger partial charge in [0.2, 0.25) is 0 Å². The van der Waals surface area contributed by atoms with Crippen LogP contribution in [0.2, 0.25) is 0 Å². The Hall–Kier alpha value is -2.87. The van der Waals surface area contributed by atoms with E-state index in [2.05, 4.69) is 56.5 Å². The first kappa shape index (κ1) is 21.4. The minimum atomic E-state index is -0.195. The molecule has 0 aliphatic heterocycles. The first-order valence-corrected chi connectivity index (χ1v) is 11.6. The number of aryl methyl sites for hydroxylation is 2. The molecule has 1 aliphatic rings. The first-order chi connectivity index (χ1) is 15.1. The Balaban J connectivity index is 1.46. The minimum Gasteiger partial charge on any atom is -0.460 e. The minimum absolute atomic E-state index is 0.195. The highest BCUT2D eigenvalue weighted by atomic mass is 32.2. The van der Waals surface area contributed by atoms with Gasteiger partial charge in [-0.05, 0) is 38.8 Å². The molecule has 0 spiro atoms. The quantitative estimate of drug-likeness (QED) is 0.323. The summed E-state index contributed by atoms with van der Waals surface area (Å²) in [5.74, 6) is 2.30. The molecular weight excluding hydrogens is 410 g/mol. The van der Waals surface area contributed by atoms with Crippen molar-refractivity contribution in [1.29, 1.82) is 0 Å². The lowest BCUT2D eigenvalue weighted by Crippen LogP contribution is -2.20. The third kappa shape index (κ3) is 5.44. The molecule has 3 aromatic rings. The van der Waals surface area contributed by atoms with Crippen molar-refractivity contribution in [3.05, 3.63) is 53.5 Å². The van der Waals surface area contributed by atoms with Crippen molar-refractivity contribution in [2.75, 3.05) is 5.75 Å². The van der Waals surface area contributed by atoms with Crippen LogP contribution in [0.1, 0.15) is 55.2 Å². The van der Waals surface area contributed by atoms with Crippen molar-refractivity contribution in [3.8, 4) is 11.4 Å². The molecule has 0 radical (unpaired) electrons. The third-order valence-electron chi connectivity index (χ3n) is 5.39. The van der Waals surface area contributed by atoms with Gasteiger partial charge in [-0.2, -0.15) is 5.10 Å². The molecule has 1 aromatic carbocycles. The second-order valence-electron chi connectivity index (χ2n) is 7.86. The van der Waals surface area contributed by atoms with Crippen LogP contribution in [0.5, 0.6) is 0 Å². The summed E-state index contributed by atoms with van der Waals surface area (Å²) < 4.78 is 7.64. The topological polar surface area (TPSA) is 85.3 Å². The van der Waals surface area contributed by atoms with Crippen molar-refractivity contribution in [3.63, 3.8) is 0 Å². The maximum atomic E-state index is 12.3. The molecule has 0 saturated heterocycles. The molecule has 1 amide bonds. The summed E-state index contributed by atoms with van der Waals surface area (Å²) in [4.78, 5) is 12.3. The highest BCUT2D eigenvalue weighted by molar-refractivity contribution is 7.99. The summed E-state index contributed by atoms with van der Waals surface area (Å²) in [6, 6.07) is 12.4. The average Bonchev–Trinajstić information content (AvgIpc) is 3.39. The molecule has 1 aliphatic carbocycles. The lowest BCUT2D eigenvalue weighted by atomic mass is 9.95. The molecule has 0 unspecified atom stereocenters. The van der Waals surface area contributed by atoms with Crippen molar-refractivity contribution >= 4 is 23.9 Å². The lowest BCUT2D eigenvalue weighted by Gasteiger charge is -2.25. The Morgan fingerprint density at radius 3 is 2.65 bits per heavy atom. The van der Waals surface area contributed by atoms with Crippen LogP contribution in [0, 0.1) is 13.8 Å². The number of hydrogen-bond donors (Lipinski definition) is 1. The van der Waals surface area contributed by atoms with E-state index < -0.39 is 0 Å². The molecule has 1 fully saturated rings. The Bertz CT molecular complexity index is 1050. The Morgan fingerprint density at radius 1 is 1.16 bits per heavy atom. The summed E-state index contributed by atoms with van der Waals surface area (Å²) in [5, 5.41) is 13.7. The smallest absolute Gasteiger partial charge is 0.250 e. The van der Waals surface area contributed by atoms with Gasteiger partial charge in [-0.1, -0.05) is 60.9 Å². The zero-order chi connectivity index (χ0) is 21.6. The lowest BCUT2D eigenvalue weighted by molar-refractivity contribution is -0.118. The van der Waals surface area contributed by atoms with E-state index in [-0.39, 0.29) is 11.7 Å². The standard InChI is InChI=1S/C23H27N5O2S/c1-16-8-11-18(12-9-16)22-26-27-23(28(22)19-6-4-3-5-7-19)31-15-21(29)25-24-14-20-13-10-17(2)30-20/h8-14,19H,3-7,15H2,1-2H3,(H,25,29)/b24-14-. The predicted octanol–water partition coefficient (Wildman–Crippen LogP) is 4.90. The fourth-order valence-corrected chi connectivity index (χ4v) is 4.59. The number of furan rings is 1. The molecule has 4 rings (SSSR count). The largest absolute Gasteiger partial charge is 0.460 e. The number of amides is 1. The number of hydrazone groups is 1. The highest BCUT2D eigenvalue weighted by Gasteiger charge is 2.24. The molecule has 2 aromatic heterocycles. The zero-order valence-corrected chi connectivity index (χ0v) is 18.7. The molecular formula is C23H27N5O2S. The van der Waals surface area contributed by atoms with Gasteiger partial charge in [0.1, 0.15) is 11.5 Å². The average molecular weight is 438 g/mol.